The van der Waals surface area contributed by atoms with E-state index in [-0.39, 0.29) is 11.0 Å². The molecule has 3 rings (SSSR count). The van der Waals surface area contributed by atoms with E-state index in [4.69, 9.17) is 20.8 Å². The average molecular weight is 399 g/mol. The Bertz CT molecular complexity index is 1070. The Labute approximate surface area is 166 Å². The van der Waals surface area contributed by atoms with Crippen LogP contribution in [0.3, 0.4) is 0 Å². The molecule has 28 heavy (non-hydrogen) atoms. The van der Waals surface area contributed by atoms with Crippen LogP contribution >= 0.6 is 11.6 Å². The number of ether oxygens (including phenoxy) is 1. The van der Waals surface area contributed by atoms with Crippen molar-refractivity contribution in [1.82, 2.24) is 5.43 Å². The van der Waals surface area contributed by atoms with E-state index in [1.807, 2.05) is 0 Å². The number of halogens is 1. The summed E-state index contributed by atoms with van der Waals surface area (Å²) >= 11 is 5.92. The summed E-state index contributed by atoms with van der Waals surface area (Å²) in [6.45, 7) is 4.73. The van der Waals surface area contributed by atoms with Crippen molar-refractivity contribution in [3.05, 3.63) is 75.1 Å². The number of amides is 1. The Kier molecular flexibility index (Phi) is 6.11. The molecular formula is C21H19ClN2O4. The SMILES string of the molecule is CC(C)COc1ccc(C(=O)N/N=C\c2coc3ccc(Cl)cc3c2=O)cc1. The van der Waals surface area contributed by atoms with Gasteiger partial charge in [-0.15, -0.1) is 0 Å². The third-order valence-corrected chi connectivity index (χ3v) is 4.07. The molecule has 1 amide bonds. The maximum atomic E-state index is 12.4. The third kappa shape index (κ3) is 4.78. The van der Waals surface area contributed by atoms with E-state index >= 15 is 0 Å². The highest BCUT2D eigenvalue weighted by molar-refractivity contribution is 6.31. The maximum absolute atomic E-state index is 12.4. The summed E-state index contributed by atoms with van der Waals surface area (Å²) in [6, 6.07) is 11.5. The first kappa shape index (κ1) is 19.6. The van der Waals surface area contributed by atoms with E-state index in [0.29, 0.717) is 39.8 Å². The molecule has 6 nitrogen and oxygen atoms in total. The van der Waals surface area contributed by atoms with E-state index < -0.39 is 5.91 Å². The van der Waals surface area contributed by atoms with Crippen LogP contribution in [0.4, 0.5) is 0 Å². The molecule has 0 radical (unpaired) electrons. The summed E-state index contributed by atoms with van der Waals surface area (Å²) < 4.78 is 11.0. The Balaban J connectivity index is 1.67. The number of nitrogens with one attached hydrogen (secondary N) is 1. The molecule has 1 N–H and O–H groups in total. The quantitative estimate of drug-likeness (QED) is 0.497. The van der Waals surface area contributed by atoms with Crippen molar-refractivity contribution < 1.29 is 13.9 Å². The van der Waals surface area contributed by atoms with Gasteiger partial charge in [0.1, 0.15) is 17.6 Å². The summed E-state index contributed by atoms with van der Waals surface area (Å²) in [7, 11) is 0. The Morgan fingerprint density at radius 3 is 2.71 bits per heavy atom. The van der Waals surface area contributed by atoms with Crippen LogP contribution in [0.5, 0.6) is 5.75 Å². The van der Waals surface area contributed by atoms with Gasteiger partial charge in [0.2, 0.25) is 5.43 Å². The molecule has 0 unspecified atom stereocenters. The van der Waals surface area contributed by atoms with Gasteiger partial charge in [0.05, 0.1) is 23.8 Å². The fraction of sp³-hybridized carbons (Fsp3) is 0.190. The molecule has 0 aliphatic rings. The second-order valence-electron chi connectivity index (χ2n) is 6.59. The second kappa shape index (κ2) is 8.71. The molecule has 7 heteroatoms. The number of benzene rings is 2. The summed E-state index contributed by atoms with van der Waals surface area (Å²) in [6.07, 6.45) is 2.53. The minimum atomic E-state index is -0.403. The smallest absolute Gasteiger partial charge is 0.271 e. The summed E-state index contributed by atoms with van der Waals surface area (Å²) in [5, 5.41) is 4.62. The lowest BCUT2D eigenvalue weighted by atomic mass is 10.2. The molecule has 0 bridgehead atoms. The zero-order valence-corrected chi connectivity index (χ0v) is 16.2. The number of carbonyl (C=O) groups is 1. The van der Waals surface area contributed by atoms with Crippen molar-refractivity contribution in [3.63, 3.8) is 0 Å². The molecule has 0 saturated carbocycles. The van der Waals surface area contributed by atoms with Crippen molar-refractivity contribution in [2.75, 3.05) is 6.61 Å². The number of carbonyl (C=O) groups excluding carboxylic acids is 1. The fourth-order valence-corrected chi connectivity index (χ4v) is 2.57. The minimum Gasteiger partial charge on any atom is -0.493 e. The van der Waals surface area contributed by atoms with E-state index in [0.717, 1.165) is 0 Å². The van der Waals surface area contributed by atoms with Gasteiger partial charge in [-0.3, -0.25) is 9.59 Å². The lowest BCUT2D eigenvalue weighted by Gasteiger charge is -2.08. The molecule has 1 aromatic heterocycles. The second-order valence-corrected chi connectivity index (χ2v) is 7.03. The van der Waals surface area contributed by atoms with Gasteiger partial charge < -0.3 is 9.15 Å². The van der Waals surface area contributed by atoms with Crippen LogP contribution in [-0.2, 0) is 0 Å². The number of nitrogens with zero attached hydrogens (tertiary/aromatic N) is 1. The highest BCUT2D eigenvalue weighted by Crippen LogP contribution is 2.17. The predicted octanol–water partition coefficient (Wildman–Crippen LogP) is 4.25. The molecule has 0 atom stereocenters. The lowest BCUT2D eigenvalue weighted by molar-refractivity contribution is 0.0955. The van der Waals surface area contributed by atoms with Gasteiger partial charge in [0.15, 0.2) is 0 Å². The van der Waals surface area contributed by atoms with Crippen molar-refractivity contribution in [2.24, 2.45) is 11.0 Å². The Morgan fingerprint density at radius 1 is 1.25 bits per heavy atom. The summed E-state index contributed by atoms with van der Waals surface area (Å²) in [5.41, 5.74) is 3.15. The third-order valence-electron chi connectivity index (χ3n) is 3.83. The molecule has 2 aromatic carbocycles. The highest BCUT2D eigenvalue weighted by atomic mass is 35.5. The summed E-state index contributed by atoms with van der Waals surface area (Å²) in [4.78, 5) is 24.6. The van der Waals surface area contributed by atoms with Crippen molar-refractivity contribution in [1.29, 1.82) is 0 Å². The first-order valence-corrected chi connectivity index (χ1v) is 9.09. The summed E-state index contributed by atoms with van der Waals surface area (Å²) in [5.74, 6) is 0.710. The normalized spacial score (nSPS) is 11.3. The molecule has 0 saturated heterocycles. The monoisotopic (exact) mass is 398 g/mol. The van der Waals surface area contributed by atoms with Crippen LogP contribution in [0.2, 0.25) is 5.02 Å². The molecular weight excluding hydrogens is 380 g/mol. The van der Waals surface area contributed by atoms with Gasteiger partial charge >= 0.3 is 0 Å². The minimum absolute atomic E-state index is 0.201. The lowest BCUT2D eigenvalue weighted by Crippen LogP contribution is -2.18. The van der Waals surface area contributed by atoms with Crippen molar-refractivity contribution >= 4 is 34.7 Å². The van der Waals surface area contributed by atoms with E-state index in [1.54, 1.807) is 36.4 Å². The van der Waals surface area contributed by atoms with Gasteiger partial charge in [-0.25, -0.2) is 5.43 Å². The van der Waals surface area contributed by atoms with Crippen LogP contribution in [0.1, 0.15) is 29.8 Å². The van der Waals surface area contributed by atoms with Gasteiger partial charge in [-0.05, 0) is 48.4 Å². The highest BCUT2D eigenvalue weighted by Gasteiger charge is 2.07. The van der Waals surface area contributed by atoms with Crippen LogP contribution < -0.4 is 15.6 Å². The van der Waals surface area contributed by atoms with Gasteiger partial charge in [0, 0.05) is 10.6 Å². The average Bonchev–Trinajstić information content (AvgIpc) is 2.69. The zero-order valence-electron chi connectivity index (χ0n) is 15.4. The molecule has 0 fully saturated rings. The number of hydrogen-bond donors (Lipinski definition) is 1. The van der Waals surface area contributed by atoms with Crippen LogP contribution in [0.25, 0.3) is 11.0 Å². The number of hydrazone groups is 1. The van der Waals surface area contributed by atoms with E-state index in [2.05, 4.69) is 24.4 Å². The number of hydrogen-bond acceptors (Lipinski definition) is 5. The zero-order chi connectivity index (χ0) is 20.1. The fourth-order valence-electron chi connectivity index (χ4n) is 2.40. The van der Waals surface area contributed by atoms with Crippen molar-refractivity contribution in [3.8, 4) is 5.75 Å². The van der Waals surface area contributed by atoms with Gasteiger partial charge in [-0.2, -0.15) is 5.10 Å². The van der Waals surface area contributed by atoms with Crippen LogP contribution in [0, 0.1) is 5.92 Å². The van der Waals surface area contributed by atoms with Gasteiger partial charge in [0.25, 0.3) is 5.91 Å². The van der Waals surface area contributed by atoms with E-state index in [9.17, 15) is 9.59 Å². The predicted molar refractivity (Wildman–Crippen MR) is 109 cm³/mol. The molecule has 0 spiro atoms. The number of rotatable bonds is 6. The standard InChI is InChI=1S/C21H19ClN2O4/c1-13(2)11-27-17-6-3-14(4-7-17)21(26)24-23-10-15-12-28-19-8-5-16(22)9-18(19)20(15)25/h3-10,12-13H,11H2,1-2H3,(H,24,26)/b23-10-. The Hall–Kier alpha value is -3.12. The topological polar surface area (TPSA) is 80.9 Å². The molecule has 0 aliphatic carbocycles. The van der Waals surface area contributed by atoms with E-state index in [1.165, 1.54) is 18.5 Å². The molecule has 144 valence electrons. The Morgan fingerprint density at radius 2 is 2.00 bits per heavy atom. The molecule has 1 heterocycles. The largest absolute Gasteiger partial charge is 0.493 e. The van der Waals surface area contributed by atoms with Crippen LogP contribution in [0.15, 0.2) is 63.0 Å². The van der Waals surface area contributed by atoms with Gasteiger partial charge in [-0.1, -0.05) is 25.4 Å². The number of fused-ring (bicyclic) bond motifs is 1. The maximum Gasteiger partial charge on any atom is 0.271 e. The van der Waals surface area contributed by atoms with Crippen molar-refractivity contribution in [2.45, 2.75) is 13.8 Å². The molecule has 3 aromatic rings. The molecule has 0 aliphatic heterocycles. The first-order chi connectivity index (χ1) is 13.4. The van der Waals surface area contributed by atoms with Crippen LogP contribution in [-0.4, -0.2) is 18.7 Å². The first-order valence-electron chi connectivity index (χ1n) is 8.71.